The van der Waals surface area contributed by atoms with Crippen LogP contribution in [0.5, 0.6) is 11.5 Å². The molecular weight excluding hydrogens is 416 g/mol. The molecule has 3 aromatic carbocycles. The highest BCUT2D eigenvalue weighted by atomic mass is 16.5. The molecule has 6 heteroatoms. The van der Waals surface area contributed by atoms with Gasteiger partial charge in [-0.05, 0) is 74.4 Å². The van der Waals surface area contributed by atoms with Gasteiger partial charge in [0.1, 0.15) is 11.5 Å². The fourth-order valence-corrected chi connectivity index (χ4v) is 4.01. The molecule has 0 aliphatic carbocycles. The molecule has 1 aliphatic heterocycles. The molecule has 33 heavy (non-hydrogen) atoms. The number of hydrogen-bond donors (Lipinski definition) is 2. The second-order valence-electron chi connectivity index (χ2n) is 8.75. The van der Waals surface area contributed by atoms with Crippen LogP contribution in [0.4, 0.5) is 5.69 Å². The van der Waals surface area contributed by atoms with Gasteiger partial charge in [0.15, 0.2) is 5.78 Å². The van der Waals surface area contributed by atoms with Crippen LogP contribution < -0.4 is 10.1 Å². The van der Waals surface area contributed by atoms with Gasteiger partial charge >= 0.3 is 0 Å². The Morgan fingerprint density at radius 3 is 2.48 bits per heavy atom. The van der Waals surface area contributed by atoms with Gasteiger partial charge in [-0.15, -0.1) is 0 Å². The van der Waals surface area contributed by atoms with E-state index in [2.05, 4.69) is 19.2 Å². The van der Waals surface area contributed by atoms with Crippen LogP contribution in [0.1, 0.15) is 52.1 Å². The molecule has 1 amide bonds. The van der Waals surface area contributed by atoms with E-state index in [9.17, 15) is 14.7 Å². The van der Waals surface area contributed by atoms with Crippen molar-refractivity contribution < 1.29 is 19.4 Å². The Labute approximate surface area is 193 Å². The van der Waals surface area contributed by atoms with E-state index in [0.717, 1.165) is 29.0 Å². The first-order chi connectivity index (χ1) is 15.7. The quantitative estimate of drug-likeness (QED) is 0.413. The third kappa shape index (κ3) is 5.12. The number of aromatic hydroxyl groups is 1. The van der Waals surface area contributed by atoms with Crippen molar-refractivity contribution in [1.82, 2.24) is 0 Å². The number of ether oxygens (including phenoxy) is 1. The monoisotopic (exact) mass is 442 g/mol. The average Bonchev–Trinajstić information content (AvgIpc) is 2.79. The van der Waals surface area contributed by atoms with E-state index in [1.54, 1.807) is 43.5 Å². The molecule has 0 radical (unpaired) electrons. The Hall–Kier alpha value is -3.93. The van der Waals surface area contributed by atoms with Gasteiger partial charge in [0.25, 0.3) is 5.91 Å². The highest BCUT2D eigenvalue weighted by Crippen LogP contribution is 2.31. The number of nitrogens with one attached hydrogen (secondary N) is 1. The van der Waals surface area contributed by atoms with Gasteiger partial charge in [0, 0.05) is 22.4 Å². The second kappa shape index (κ2) is 8.90. The minimum atomic E-state index is -0.332. The zero-order valence-electron chi connectivity index (χ0n) is 18.9. The average molecular weight is 443 g/mol. The molecule has 0 aromatic heterocycles. The third-order valence-corrected chi connectivity index (χ3v) is 5.59. The molecule has 4 rings (SSSR count). The highest BCUT2D eigenvalue weighted by molar-refractivity contribution is 6.17. The smallest absolute Gasteiger partial charge is 0.255 e. The molecule has 0 atom stereocenters. The molecule has 1 heterocycles. The van der Waals surface area contributed by atoms with Crippen LogP contribution in [-0.2, 0) is 6.42 Å². The number of methoxy groups -OCH3 is 1. The fourth-order valence-electron chi connectivity index (χ4n) is 4.01. The number of carbonyl (C=O) groups excluding carboxylic acids is 2. The maximum atomic E-state index is 13.2. The third-order valence-electron chi connectivity index (χ3n) is 5.59. The number of carbonyl (C=O) groups is 2. The summed E-state index contributed by atoms with van der Waals surface area (Å²) in [5.41, 5.74) is 3.88. The molecule has 3 aromatic rings. The molecule has 0 unspecified atom stereocenters. The van der Waals surface area contributed by atoms with Gasteiger partial charge in [0.05, 0.1) is 24.8 Å². The van der Waals surface area contributed by atoms with Crippen LogP contribution >= 0.6 is 0 Å². The number of anilines is 1. The van der Waals surface area contributed by atoms with Crippen molar-refractivity contribution >= 4 is 23.1 Å². The number of hydrogen-bond acceptors (Lipinski definition) is 5. The van der Waals surface area contributed by atoms with Gasteiger partial charge in [-0.2, -0.15) is 0 Å². The summed E-state index contributed by atoms with van der Waals surface area (Å²) >= 11 is 0. The van der Waals surface area contributed by atoms with E-state index in [-0.39, 0.29) is 29.4 Å². The summed E-state index contributed by atoms with van der Waals surface area (Å²) in [6.45, 7) is 4.11. The molecule has 6 nitrogen and oxygen atoms in total. The van der Waals surface area contributed by atoms with Gasteiger partial charge < -0.3 is 15.2 Å². The number of amides is 1. The predicted molar refractivity (Wildman–Crippen MR) is 129 cm³/mol. The second-order valence-corrected chi connectivity index (χ2v) is 8.75. The molecule has 0 saturated carbocycles. The standard InChI is InChI=1S/C27H26N2O4/c1-27(2)16-19-7-12-22(33-3)14-23(19)24(29-27)15-25(31)17-5-4-6-18(13-17)26(32)28-20-8-10-21(30)11-9-20/h4-14,30H,15-16H2,1-3H3,(H,28,32). The minimum Gasteiger partial charge on any atom is -0.508 e. The number of nitrogens with zero attached hydrogens (tertiary/aromatic N) is 1. The van der Waals surface area contributed by atoms with Crippen LogP contribution in [-0.4, -0.2) is 35.2 Å². The SMILES string of the molecule is COc1ccc2c(c1)C(CC(=O)c1cccc(C(=O)Nc3ccc(O)cc3)c1)=NC(C)(C)C2. The number of aliphatic imine (C=N–C) groups is 1. The summed E-state index contributed by atoms with van der Waals surface area (Å²) in [6, 6.07) is 18.8. The Bertz CT molecular complexity index is 1240. The lowest BCUT2D eigenvalue weighted by molar-refractivity contribution is 0.100. The number of benzene rings is 3. The Morgan fingerprint density at radius 1 is 1.03 bits per heavy atom. The number of phenolic OH excluding ortho intramolecular Hbond substituents is 1. The summed E-state index contributed by atoms with van der Waals surface area (Å²) in [5.74, 6) is 0.399. The van der Waals surface area contributed by atoms with Crippen molar-refractivity contribution in [3.05, 3.63) is 89.0 Å². The van der Waals surface area contributed by atoms with Crippen LogP contribution in [0.25, 0.3) is 0 Å². The molecular formula is C27H26N2O4. The van der Waals surface area contributed by atoms with Gasteiger partial charge in [-0.3, -0.25) is 14.6 Å². The van der Waals surface area contributed by atoms with Crippen molar-refractivity contribution in [2.24, 2.45) is 4.99 Å². The summed E-state index contributed by atoms with van der Waals surface area (Å²) in [5, 5.41) is 12.2. The predicted octanol–water partition coefficient (Wildman–Crippen LogP) is 5.05. The summed E-state index contributed by atoms with van der Waals surface area (Å²) in [7, 11) is 1.62. The maximum Gasteiger partial charge on any atom is 0.255 e. The first kappa shape index (κ1) is 22.3. The normalized spacial score (nSPS) is 14.1. The lowest BCUT2D eigenvalue weighted by Crippen LogP contribution is -2.30. The van der Waals surface area contributed by atoms with Crippen LogP contribution in [0.2, 0.25) is 0 Å². The molecule has 0 spiro atoms. The van der Waals surface area contributed by atoms with Crippen LogP contribution in [0.15, 0.2) is 71.7 Å². The van der Waals surface area contributed by atoms with E-state index in [4.69, 9.17) is 9.73 Å². The lowest BCUT2D eigenvalue weighted by atomic mass is 9.85. The fraction of sp³-hybridized carbons (Fsp3) is 0.222. The van der Waals surface area contributed by atoms with Gasteiger partial charge in [-0.25, -0.2) is 0 Å². The highest BCUT2D eigenvalue weighted by Gasteiger charge is 2.28. The molecule has 0 bridgehead atoms. The first-order valence-corrected chi connectivity index (χ1v) is 10.7. The topological polar surface area (TPSA) is 88.0 Å². The minimum absolute atomic E-state index is 0.112. The van der Waals surface area contributed by atoms with Crippen molar-refractivity contribution in [1.29, 1.82) is 0 Å². The molecule has 2 N–H and O–H groups in total. The van der Waals surface area contributed by atoms with Crippen LogP contribution in [0.3, 0.4) is 0 Å². The van der Waals surface area contributed by atoms with E-state index in [0.29, 0.717) is 16.8 Å². The first-order valence-electron chi connectivity index (χ1n) is 10.7. The van der Waals surface area contributed by atoms with Gasteiger partial charge in [-0.1, -0.05) is 18.2 Å². The molecule has 1 aliphatic rings. The molecule has 0 fully saturated rings. The Balaban J connectivity index is 1.56. The molecule has 168 valence electrons. The maximum absolute atomic E-state index is 13.2. The van der Waals surface area contributed by atoms with Crippen molar-refractivity contribution in [3.63, 3.8) is 0 Å². The van der Waals surface area contributed by atoms with Crippen molar-refractivity contribution in [2.75, 3.05) is 12.4 Å². The summed E-state index contributed by atoms with van der Waals surface area (Å²) in [6.07, 6.45) is 0.920. The number of rotatable bonds is 6. The number of phenols is 1. The number of Topliss-reactive ketones (excluding diaryl/α,β-unsaturated/α-hetero) is 1. The van der Waals surface area contributed by atoms with Crippen molar-refractivity contribution in [3.8, 4) is 11.5 Å². The van der Waals surface area contributed by atoms with E-state index >= 15 is 0 Å². The van der Waals surface area contributed by atoms with Crippen molar-refractivity contribution in [2.45, 2.75) is 32.2 Å². The van der Waals surface area contributed by atoms with E-state index in [1.165, 1.54) is 12.1 Å². The lowest BCUT2D eigenvalue weighted by Gasteiger charge is -2.29. The summed E-state index contributed by atoms with van der Waals surface area (Å²) in [4.78, 5) is 30.7. The van der Waals surface area contributed by atoms with E-state index in [1.807, 2.05) is 18.2 Å². The van der Waals surface area contributed by atoms with Crippen LogP contribution in [0, 0.1) is 0 Å². The Kier molecular flexibility index (Phi) is 6.01. The number of ketones is 1. The Morgan fingerprint density at radius 2 is 1.76 bits per heavy atom. The largest absolute Gasteiger partial charge is 0.508 e. The van der Waals surface area contributed by atoms with E-state index < -0.39 is 0 Å². The molecule has 0 saturated heterocycles. The zero-order valence-corrected chi connectivity index (χ0v) is 18.9. The van der Waals surface area contributed by atoms with Gasteiger partial charge in [0.2, 0.25) is 0 Å². The zero-order chi connectivity index (χ0) is 23.6. The summed E-state index contributed by atoms with van der Waals surface area (Å²) < 4.78 is 5.37. The number of fused-ring (bicyclic) bond motifs is 1.